The molecule has 0 heterocycles. The molecule has 29 heavy (non-hydrogen) atoms. The first-order chi connectivity index (χ1) is 13.6. The van der Waals surface area contributed by atoms with Gasteiger partial charge in [0.05, 0.1) is 23.0 Å². The van der Waals surface area contributed by atoms with Crippen molar-refractivity contribution >= 4 is 33.2 Å². The van der Waals surface area contributed by atoms with E-state index in [1.54, 1.807) is 6.92 Å². The number of carbonyl (C=O) groups is 1. The molecule has 0 aromatic heterocycles. The van der Waals surface area contributed by atoms with Crippen LogP contribution in [0, 0.1) is 12.7 Å². The number of aryl methyl sites for hydroxylation is 1. The molecular formula is C21H26ClFN2O3S. The van der Waals surface area contributed by atoms with Gasteiger partial charge in [-0.2, -0.15) is 0 Å². The summed E-state index contributed by atoms with van der Waals surface area (Å²) in [7, 11) is -3.83. The van der Waals surface area contributed by atoms with Gasteiger partial charge in [0.1, 0.15) is 11.9 Å². The first kappa shape index (κ1) is 23.2. The molecule has 0 spiro atoms. The number of nitrogens with one attached hydrogen (secondary N) is 1. The average Bonchev–Trinajstić information content (AvgIpc) is 2.66. The Morgan fingerprint density at radius 3 is 2.24 bits per heavy atom. The van der Waals surface area contributed by atoms with Crippen molar-refractivity contribution in [3.05, 3.63) is 64.4 Å². The number of sulfonamides is 1. The van der Waals surface area contributed by atoms with E-state index in [1.807, 2.05) is 38.1 Å². The van der Waals surface area contributed by atoms with Gasteiger partial charge >= 0.3 is 0 Å². The molecular weight excluding hydrogens is 415 g/mol. The zero-order valence-electron chi connectivity index (χ0n) is 16.9. The molecule has 0 aliphatic rings. The van der Waals surface area contributed by atoms with Gasteiger partial charge in [-0.25, -0.2) is 12.8 Å². The number of carbonyl (C=O) groups excluding carboxylic acids is 1. The van der Waals surface area contributed by atoms with Crippen LogP contribution in [0.15, 0.2) is 42.5 Å². The maximum Gasteiger partial charge on any atom is 0.244 e. The number of hydrogen-bond donors (Lipinski definition) is 1. The van der Waals surface area contributed by atoms with Crippen molar-refractivity contribution in [1.29, 1.82) is 0 Å². The van der Waals surface area contributed by atoms with Gasteiger partial charge in [-0.1, -0.05) is 55.3 Å². The van der Waals surface area contributed by atoms with E-state index in [4.69, 9.17) is 11.6 Å². The summed E-state index contributed by atoms with van der Waals surface area (Å²) < 4.78 is 39.6. The van der Waals surface area contributed by atoms with Crippen LogP contribution in [0.5, 0.6) is 0 Å². The fourth-order valence-electron chi connectivity index (χ4n) is 3.17. The molecule has 1 amide bonds. The summed E-state index contributed by atoms with van der Waals surface area (Å²) >= 11 is 5.84. The number of rotatable bonds is 8. The van der Waals surface area contributed by atoms with Crippen molar-refractivity contribution < 1.29 is 17.6 Å². The van der Waals surface area contributed by atoms with Crippen LogP contribution in [0.1, 0.15) is 43.9 Å². The standard InChI is InChI=1S/C21H26ClFN2O3S/c1-5-19(15-9-7-14(3)8-10-15)24-21(26)20(6-2)25(29(4,27)28)16-11-12-18(23)17(22)13-16/h7-13,19-20H,5-6H2,1-4H3,(H,24,26)/t19-,20-/m1/s1. The van der Waals surface area contributed by atoms with Gasteiger partial charge in [0, 0.05) is 0 Å². The van der Waals surface area contributed by atoms with Crippen LogP contribution in [0.2, 0.25) is 5.02 Å². The Morgan fingerprint density at radius 2 is 1.76 bits per heavy atom. The molecule has 2 atom stereocenters. The van der Waals surface area contributed by atoms with Crippen LogP contribution in [-0.2, 0) is 14.8 Å². The predicted molar refractivity (Wildman–Crippen MR) is 115 cm³/mol. The van der Waals surface area contributed by atoms with Crippen molar-refractivity contribution in [2.45, 2.75) is 45.7 Å². The summed E-state index contributed by atoms with van der Waals surface area (Å²) in [5.41, 5.74) is 2.19. The summed E-state index contributed by atoms with van der Waals surface area (Å²) in [5, 5.41) is 2.74. The minimum Gasteiger partial charge on any atom is -0.347 e. The summed E-state index contributed by atoms with van der Waals surface area (Å²) in [6.07, 6.45) is 1.89. The van der Waals surface area contributed by atoms with Gasteiger partial charge < -0.3 is 5.32 Å². The van der Waals surface area contributed by atoms with Crippen molar-refractivity contribution in [3.63, 3.8) is 0 Å². The Morgan fingerprint density at radius 1 is 1.14 bits per heavy atom. The van der Waals surface area contributed by atoms with E-state index < -0.39 is 27.8 Å². The Kier molecular flexibility index (Phi) is 7.66. The third kappa shape index (κ3) is 5.70. The van der Waals surface area contributed by atoms with Crippen LogP contribution in [0.25, 0.3) is 0 Å². The second-order valence-corrected chi connectivity index (χ2v) is 9.23. The lowest BCUT2D eigenvalue weighted by molar-refractivity contribution is -0.123. The molecule has 0 fully saturated rings. The number of hydrogen-bond acceptors (Lipinski definition) is 3. The molecule has 0 bridgehead atoms. The molecule has 2 rings (SSSR count). The van der Waals surface area contributed by atoms with Crippen molar-refractivity contribution in [1.82, 2.24) is 5.32 Å². The third-order valence-corrected chi connectivity index (χ3v) is 6.16. The summed E-state index contributed by atoms with van der Waals surface area (Å²) in [4.78, 5) is 13.1. The zero-order chi connectivity index (χ0) is 21.8. The second-order valence-electron chi connectivity index (χ2n) is 6.96. The highest BCUT2D eigenvalue weighted by molar-refractivity contribution is 7.92. The van der Waals surface area contributed by atoms with E-state index in [-0.39, 0.29) is 23.2 Å². The number of amides is 1. The van der Waals surface area contributed by atoms with E-state index >= 15 is 0 Å². The molecule has 1 N–H and O–H groups in total. The number of benzene rings is 2. The van der Waals surface area contributed by atoms with E-state index in [0.29, 0.717) is 6.42 Å². The van der Waals surface area contributed by atoms with Gasteiger partial charge in [0.25, 0.3) is 0 Å². The smallest absolute Gasteiger partial charge is 0.244 e. The third-order valence-electron chi connectivity index (χ3n) is 4.69. The SMILES string of the molecule is CC[C@H](C(=O)N[C@H](CC)c1ccc(C)cc1)N(c1ccc(F)c(Cl)c1)S(C)(=O)=O. The highest BCUT2D eigenvalue weighted by Crippen LogP contribution is 2.28. The van der Waals surface area contributed by atoms with Crippen molar-refractivity contribution in [3.8, 4) is 0 Å². The topological polar surface area (TPSA) is 66.5 Å². The van der Waals surface area contributed by atoms with Gasteiger partial charge in [-0.05, 0) is 43.5 Å². The van der Waals surface area contributed by atoms with Crippen LogP contribution in [0.3, 0.4) is 0 Å². The van der Waals surface area contributed by atoms with Crippen LogP contribution >= 0.6 is 11.6 Å². The first-order valence-electron chi connectivity index (χ1n) is 9.39. The zero-order valence-corrected chi connectivity index (χ0v) is 18.5. The molecule has 0 radical (unpaired) electrons. The molecule has 0 aliphatic heterocycles. The molecule has 158 valence electrons. The molecule has 5 nitrogen and oxygen atoms in total. The second kappa shape index (κ2) is 9.59. The Hall–Kier alpha value is -2.12. The first-order valence-corrected chi connectivity index (χ1v) is 11.6. The Balaban J connectivity index is 2.36. The van der Waals surface area contributed by atoms with Gasteiger partial charge in [0.2, 0.25) is 15.9 Å². The molecule has 2 aromatic carbocycles. The molecule has 0 unspecified atom stereocenters. The number of halogens is 2. The largest absolute Gasteiger partial charge is 0.347 e. The lowest BCUT2D eigenvalue weighted by Gasteiger charge is -2.31. The summed E-state index contributed by atoms with van der Waals surface area (Å²) in [6, 6.07) is 10.2. The average molecular weight is 441 g/mol. The Bertz CT molecular complexity index is 964. The van der Waals surface area contributed by atoms with E-state index in [9.17, 15) is 17.6 Å². The minimum absolute atomic E-state index is 0.143. The van der Waals surface area contributed by atoms with Crippen molar-refractivity contribution in [2.75, 3.05) is 10.6 Å². The molecule has 2 aromatic rings. The highest BCUT2D eigenvalue weighted by Gasteiger charge is 2.32. The summed E-state index contributed by atoms with van der Waals surface area (Å²) in [5.74, 6) is -1.09. The maximum absolute atomic E-state index is 13.6. The molecule has 0 saturated heterocycles. The van der Waals surface area contributed by atoms with Gasteiger partial charge in [-0.3, -0.25) is 9.10 Å². The van der Waals surface area contributed by atoms with Crippen LogP contribution in [0.4, 0.5) is 10.1 Å². The predicted octanol–water partition coefficient (Wildman–Crippen LogP) is 4.60. The number of nitrogens with zero attached hydrogens (tertiary/aromatic N) is 1. The van der Waals surface area contributed by atoms with Crippen LogP contribution < -0.4 is 9.62 Å². The Labute approximate surface area is 176 Å². The monoisotopic (exact) mass is 440 g/mol. The quantitative estimate of drug-likeness (QED) is 0.652. The van der Waals surface area contributed by atoms with Crippen molar-refractivity contribution in [2.24, 2.45) is 0 Å². The molecule has 8 heteroatoms. The maximum atomic E-state index is 13.6. The minimum atomic E-state index is -3.83. The van der Waals surface area contributed by atoms with E-state index in [2.05, 4.69) is 5.32 Å². The van der Waals surface area contributed by atoms with E-state index in [1.165, 1.54) is 12.1 Å². The lowest BCUT2D eigenvalue weighted by Crippen LogP contribution is -2.50. The summed E-state index contributed by atoms with van der Waals surface area (Å²) in [6.45, 7) is 5.65. The lowest BCUT2D eigenvalue weighted by atomic mass is 10.0. The molecule has 0 aliphatic carbocycles. The molecule has 0 saturated carbocycles. The van der Waals surface area contributed by atoms with Gasteiger partial charge in [-0.15, -0.1) is 0 Å². The highest BCUT2D eigenvalue weighted by atomic mass is 35.5. The number of anilines is 1. The normalized spacial score (nSPS) is 13.6. The van der Waals surface area contributed by atoms with Gasteiger partial charge in [0.15, 0.2) is 0 Å². The fraction of sp³-hybridized carbons (Fsp3) is 0.381. The van der Waals surface area contributed by atoms with E-state index in [0.717, 1.165) is 27.8 Å². The van der Waals surface area contributed by atoms with Crippen LogP contribution in [-0.4, -0.2) is 26.6 Å². The fourth-order valence-corrected chi connectivity index (χ4v) is 4.55.